The molecule has 6 heteroatoms. The van der Waals surface area contributed by atoms with E-state index >= 15 is 0 Å². The molecular weight excluding hydrogens is 304 g/mol. The SMILES string of the molecule is CC(C)(C)[C@H](N)C(=O)Nc1ccc(NC(=O)c2ccccc2)nc1. The van der Waals surface area contributed by atoms with Gasteiger partial charge in [0.05, 0.1) is 17.9 Å². The Labute approximate surface area is 141 Å². The lowest BCUT2D eigenvalue weighted by Crippen LogP contribution is -2.45. The normalized spacial score (nSPS) is 12.3. The number of rotatable bonds is 4. The lowest BCUT2D eigenvalue weighted by molar-refractivity contribution is -0.119. The second-order valence-electron chi connectivity index (χ2n) is 6.59. The monoisotopic (exact) mass is 326 g/mol. The summed E-state index contributed by atoms with van der Waals surface area (Å²) in [4.78, 5) is 28.2. The molecule has 0 radical (unpaired) electrons. The number of amides is 2. The van der Waals surface area contributed by atoms with Crippen molar-refractivity contribution in [3.63, 3.8) is 0 Å². The van der Waals surface area contributed by atoms with Crippen molar-refractivity contribution in [1.82, 2.24) is 4.98 Å². The van der Waals surface area contributed by atoms with E-state index in [-0.39, 0.29) is 17.2 Å². The van der Waals surface area contributed by atoms with Crippen LogP contribution in [0.4, 0.5) is 11.5 Å². The van der Waals surface area contributed by atoms with E-state index < -0.39 is 6.04 Å². The first-order valence-corrected chi connectivity index (χ1v) is 7.66. The minimum absolute atomic E-state index is 0.241. The zero-order valence-corrected chi connectivity index (χ0v) is 14.0. The molecule has 2 amide bonds. The molecule has 6 nitrogen and oxygen atoms in total. The quantitative estimate of drug-likeness (QED) is 0.804. The van der Waals surface area contributed by atoms with E-state index in [4.69, 9.17) is 5.73 Å². The topological polar surface area (TPSA) is 97.1 Å². The molecule has 1 aromatic carbocycles. The number of hydrogen-bond acceptors (Lipinski definition) is 4. The second-order valence-corrected chi connectivity index (χ2v) is 6.59. The van der Waals surface area contributed by atoms with Crippen LogP contribution < -0.4 is 16.4 Å². The smallest absolute Gasteiger partial charge is 0.256 e. The summed E-state index contributed by atoms with van der Waals surface area (Å²) in [6.07, 6.45) is 1.48. The Morgan fingerprint density at radius 3 is 2.25 bits per heavy atom. The van der Waals surface area contributed by atoms with Crippen molar-refractivity contribution in [3.05, 3.63) is 54.2 Å². The molecule has 0 unspecified atom stereocenters. The molecule has 2 aromatic rings. The Kier molecular flexibility index (Phi) is 5.31. The van der Waals surface area contributed by atoms with Crippen LogP contribution in [0.5, 0.6) is 0 Å². The van der Waals surface area contributed by atoms with Crippen LogP contribution in [0.15, 0.2) is 48.7 Å². The minimum Gasteiger partial charge on any atom is -0.323 e. The second kappa shape index (κ2) is 7.23. The molecule has 0 saturated carbocycles. The van der Waals surface area contributed by atoms with Gasteiger partial charge in [-0.05, 0) is 29.7 Å². The molecular formula is C18H22N4O2. The number of carbonyl (C=O) groups is 2. The molecule has 1 aromatic heterocycles. The van der Waals surface area contributed by atoms with Crippen molar-refractivity contribution in [2.75, 3.05) is 10.6 Å². The number of nitrogens with two attached hydrogens (primary N) is 1. The van der Waals surface area contributed by atoms with Gasteiger partial charge in [0, 0.05) is 5.56 Å². The molecule has 0 spiro atoms. The predicted octanol–water partition coefficient (Wildman–Crippen LogP) is 2.65. The zero-order valence-electron chi connectivity index (χ0n) is 14.0. The molecule has 4 N–H and O–H groups in total. The summed E-state index contributed by atoms with van der Waals surface area (Å²) in [7, 11) is 0. The summed E-state index contributed by atoms with van der Waals surface area (Å²) >= 11 is 0. The molecule has 1 heterocycles. The highest BCUT2D eigenvalue weighted by Crippen LogP contribution is 2.19. The van der Waals surface area contributed by atoms with Crippen molar-refractivity contribution in [2.24, 2.45) is 11.1 Å². The van der Waals surface area contributed by atoms with Crippen molar-refractivity contribution in [3.8, 4) is 0 Å². The van der Waals surface area contributed by atoms with Crippen molar-refractivity contribution in [1.29, 1.82) is 0 Å². The van der Waals surface area contributed by atoms with Crippen LogP contribution in [0.25, 0.3) is 0 Å². The molecule has 2 rings (SSSR count). The first kappa shape index (κ1) is 17.6. The van der Waals surface area contributed by atoms with Gasteiger partial charge in [0.25, 0.3) is 5.91 Å². The first-order valence-electron chi connectivity index (χ1n) is 7.66. The summed E-state index contributed by atoms with van der Waals surface area (Å²) in [5, 5.41) is 5.42. The molecule has 0 fully saturated rings. The molecule has 0 bridgehead atoms. The van der Waals surface area contributed by atoms with Gasteiger partial charge in [0.1, 0.15) is 5.82 Å². The Bertz CT molecular complexity index is 706. The van der Waals surface area contributed by atoms with E-state index in [9.17, 15) is 9.59 Å². The van der Waals surface area contributed by atoms with Gasteiger partial charge in [0.15, 0.2) is 0 Å². The van der Waals surface area contributed by atoms with Gasteiger partial charge in [-0.25, -0.2) is 4.98 Å². The summed E-state index contributed by atoms with van der Waals surface area (Å²) in [5.74, 6) is -0.109. The van der Waals surface area contributed by atoms with Gasteiger partial charge in [-0.1, -0.05) is 39.0 Å². The molecule has 0 saturated heterocycles. The van der Waals surface area contributed by atoms with Crippen LogP contribution in [0, 0.1) is 5.41 Å². The average Bonchev–Trinajstić information content (AvgIpc) is 2.55. The maximum absolute atomic E-state index is 12.1. The molecule has 0 aliphatic rings. The Hall–Kier alpha value is -2.73. The maximum Gasteiger partial charge on any atom is 0.256 e. The third-order valence-electron chi connectivity index (χ3n) is 3.52. The van der Waals surface area contributed by atoms with Gasteiger partial charge in [0.2, 0.25) is 5.91 Å². The number of anilines is 2. The van der Waals surface area contributed by atoms with Gasteiger partial charge >= 0.3 is 0 Å². The highest BCUT2D eigenvalue weighted by atomic mass is 16.2. The molecule has 0 aliphatic carbocycles. The molecule has 0 aliphatic heterocycles. The molecule has 126 valence electrons. The zero-order chi connectivity index (χ0) is 17.7. The summed E-state index contributed by atoms with van der Waals surface area (Å²) in [5.41, 5.74) is 6.65. The van der Waals surface area contributed by atoms with E-state index in [0.29, 0.717) is 17.1 Å². The summed E-state index contributed by atoms with van der Waals surface area (Å²) in [6, 6.07) is 11.5. The minimum atomic E-state index is -0.630. The van der Waals surface area contributed by atoms with Crippen LogP contribution in [0.1, 0.15) is 31.1 Å². The van der Waals surface area contributed by atoms with Crippen LogP contribution >= 0.6 is 0 Å². The Balaban J connectivity index is 1.98. The third kappa shape index (κ3) is 4.63. The average molecular weight is 326 g/mol. The fourth-order valence-electron chi connectivity index (χ4n) is 1.93. The lowest BCUT2D eigenvalue weighted by Gasteiger charge is -2.25. The van der Waals surface area contributed by atoms with E-state index in [1.807, 2.05) is 26.8 Å². The number of nitrogens with zero attached hydrogens (tertiary/aromatic N) is 1. The number of pyridine rings is 1. The van der Waals surface area contributed by atoms with Crippen LogP contribution in [-0.4, -0.2) is 22.8 Å². The van der Waals surface area contributed by atoms with E-state index in [1.54, 1.807) is 36.4 Å². The highest BCUT2D eigenvalue weighted by Gasteiger charge is 2.27. The summed E-state index contributed by atoms with van der Waals surface area (Å²) < 4.78 is 0. The fraction of sp³-hybridized carbons (Fsp3) is 0.278. The van der Waals surface area contributed by atoms with Crippen LogP contribution in [0.2, 0.25) is 0 Å². The number of aromatic nitrogens is 1. The van der Waals surface area contributed by atoms with E-state index in [0.717, 1.165) is 0 Å². The van der Waals surface area contributed by atoms with Gasteiger partial charge in [-0.3, -0.25) is 9.59 Å². The number of hydrogen-bond donors (Lipinski definition) is 3. The number of nitrogens with one attached hydrogen (secondary N) is 2. The van der Waals surface area contributed by atoms with Gasteiger partial charge < -0.3 is 16.4 Å². The van der Waals surface area contributed by atoms with Crippen LogP contribution in [0.3, 0.4) is 0 Å². The van der Waals surface area contributed by atoms with E-state index in [2.05, 4.69) is 15.6 Å². The standard InChI is InChI=1S/C18H22N4O2/c1-18(2,3)15(19)17(24)21-13-9-10-14(20-11-13)22-16(23)12-7-5-4-6-8-12/h4-11,15H,19H2,1-3H3,(H,21,24)(H,20,22,23)/t15-/m1/s1. The molecule has 24 heavy (non-hydrogen) atoms. The van der Waals surface area contributed by atoms with Gasteiger partial charge in [-0.2, -0.15) is 0 Å². The van der Waals surface area contributed by atoms with Crippen LogP contribution in [-0.2, 0) is 4.79 Å². The van der Waals surface area contributed by atoms with Crippen molar-refractivity contribution < 1.29 is 9.59 Å². The highest BCUT2D eigenvalue weighted by molar-refractivity contribution is 6.03. The Morgan fingerprint density at radius 1 is 1.04 bits per heavy atom. The largest absolute Gasteiger partial charge is 0.323 e. The first-order chi connectivity index (χ1) is 11.3. The lowest BCUT2D eigenvalue weighted by atomic mass is 9.87. The predicted molar refractivity (Wildman–Crippen MR) is 94.7 cm³/mol. The van der Waals surface area contributed by atoms with Crippen molar-refractivity contribution in [2.45, 2.75) is 26.8 Å². The molecule has 1 atom stereocenters. The Morgan fingerprint density at radius 2 is 1.71 bits per heavy atom. The third-order valence-corrected chi connectivity index (χ3v) is 3.52. The van der Waals surface area contributed by atoms with Gasteiger partial charge in [-0.15, -0.1) is 0 Å². The number of carbonyl (C=O) groups excluding carboxylic acids is 2. The fourth-order valence-corrected chi connectivity index (χ4v) is 1.93. The summed E-state index contributed by atoms with van der Waals surface area (Å²) in [6.45, 7) is 5.70. The van der Waals surface area contributed by atoms with Crippen molar-refractivity contribution >= 4 is 23.3 Å². The maximum atomic E-state index is 12.1. The number of benzene rings is 1. The van der Waals surface area contributed by atoms with E-state index in [1.165, 1.54) is 6.20 Å².